The quantitative estimate of drug-likeness (QED) is 0.771. The molecule has 0 aromatic heterocycles. The molecule has 0 N–H and O–H groups in total. The van der Waals surface area contributed by atoms with Crippen LogP contribution in [0.2, 0.25) is 0 Å². The summed E-state index contributed by atoms with van der Waals surface area (Å²) in [5.41, 5.74) is 2.70. The topological polar surface area (TPSA) is 46.6 Å². The van der Waals surface area contributed by atoms with E-state index in [2.05, 4.69) is 0 Å². The van der Waals surface area contributed by atoms with Crippen LogP contribution in [0.5, 0.6) is 0 Å². The number of benzene rings is 2. The molecule has 134 valence electrons. The highest BCUT2D eigenvalue weighted by atomic mass is 16.6. The number of carbonyl (C=O) groups is 2. The van der Waals surface area contributed by atoms with Gasteiger partial charge in [0.1, 0.15) is 12.6 Å². The summed E-state index contributed by atoms with van der Waals surface area (Å²) < 4.78 is 5.50. The fourth-order valence-corrected chi connectivity index (χ4v) is 3.17. The van der Waals surface area contributed by atoms with E-state index in [1.54, 1.807) is 11.0 Å². The van der Waals surface area contributed by atoms with Crippen LogP contribution >= 0.6 is 0 Å². The van der Waals surface area contributed by atoms with Gasteiger partial charge in [-0.25, -0.2) is 4.79 Å². The van der Waals surface area contributed by atoms with Crippen molar-refractivity contribution in [2.75, 3.05) is 0 Å². The average molecular weight is 349 g/mol. The van der Waals surface area contributed by atoms with Crippen molar-refractivity contribution in [3.05, 3.63) is 83.6 Å². The van der Waals surface area contributed by atoms with Gasteiger partial charge in [-0.3, -0.25) is 9.69 Å². The Morgan fingerprint density at radius 2 is 1.62 bits per heavy atom. The lowest BCUT2D eigenvalue weighted by molar-refractivity contribution is -0.117. The van der Waals surface area contributed by atoms with E-state index >= 15 is 0 Å². The van der Waals surface area contributed by atoms with E-state index in [1.807, 2.05) is 67.6 Å². The summed E-state index contributed by atoms with van der Waals surface area (Å²) in [5, 5.41) is 0. The van der Waals surface area contributed by atoms with E-state index in [-0.39, 0.29) is 12.4 Å². The SMILES string of the molecule is CCCC1=CC(=O)C(Cc2ccccc2)N1C(=O)OCc1ccccc1. The van der Waals surface area contributed by atoms with Crippen LogP contribution < -0.4 is 0 Å². The summed E-state index contributed by atoms with van der Waals surface area (Å²) in [6.45, 7) is 2.23. The Balaban J connectivity index is 1.75. The Labute approximate surface area is 154 Å². The number of amides is 1. The summed E-state index contributed by atoms with van der Waals surface area (Å²) in [7, 11) is 0. The first-order chi connectivity index (χ1) is 12.7. The van der Waals surface area contributed by atoms with Gasteiger partial charge in [-0.1, -0.05) is 74.0 Å². The number of hydrogen-bond donors (Lipinski definition) is 0. The Morgan fingerprint density at radius 3 is 2.23 bits per heavy atom. The molecule has 2 aromatic carbocycles. The van der Waals surface area contributed by atoms with Gasteiger partial charge in [0.05, 0.1) is 0 Å². The molecule has 3 rings (SSSR count). The number of ether oxygens (including phenoxy) is 1. The lowest BCUT2D eigenvalue weighted by Crippen LogP contribution is -2.41. The van der Waals surface area contributed by atoms with E-state index in [0.29, 0.717) is 12.8 Å². The minimum Gasteiger partial charge on any atom is -0.444 e. The lowest BCUT2D eigenvalue weighted by atomic mass is 10.0. The van der Waals surface area contributed by atoms with Gasteiger partial charge >= 0.3 is 6.09 Å². The zero-order valence-electron chi connectivity index (χ0n) is 14.9. The Morgan fingerprint density at radius 1 is 1.00 bits per heavy atom. The molecule has 1 aliphatic rings. The second-order valence-electron chi connectivity index (χ2n) is 6.40. The molecular weight excluding hydrogens is 326 g/mol. The fourth-order valence-electron chi connectivity index (χ4n) is 3.17. The third kappa shape index (κ3) is 4.20. The third-order valence-electron chi connectivity index (χ3n) is 4.44. The van der Waals surface area contributed by atoms with Gasteiger partial charge in [0.15, 0.2) is 5.78 Å². The third-order valence-corrected chi connectivity index (χ3v) is 4.44. The van der Waals surface area contributed by atoms with Gasteiger partial charge < -0.3 is 4.74 Å². The van der Waals surface area contributed by atoms with Crippen LogP contribution in [0.15, 0.2) is 72.4 Å². The van der Waals surface area contributed by atoms with Crippen LogP contribution in [-0.4, -0.2) is 22.8 Å². The zero-order chi connectivity index (χ0) is 18.4. The predicted molar refractivity (Wildman–Crippen MR) is 100 cm³/mol. The molecule has 1 unspecified atom stereocenters. The molecule has 1 heterocycles. The summed E-state index contributed by atoms with van der Waals surface area (Å²) in [4.78, 5) is 26.8. The maximum atomic E-state index is 12.8. The van der Waals surface area contributed by atoms with Gasteiger partial charge in [-0.2, -0.15) is 0 Å². The molecule has 0 bridgehead atoms. The minimum absolute atomic E-state index is 0.0334. The Kier molecular flexibility index (Phi) is 5.84. The Hall–Kier alpha value is -2.88. The molecule has 0 aliphatic carbocycles. The van der Waals surface area contributed by atoms with Crippen LogP contribution in [0.4, 0.5) is 4.79 Å². The maximum absolute atomic E-state index is 12.8. The highest BCUT2D eigenvalue weighted by Gasteiger charge is 2.37. The molecule has 1 amide bonds. The number of hydrogen-bond acceptors (Lipinski definition) is 3. The number of ketones is 1. The second-order valence-corrected chi connectivity index (χ2v) is 6.40. The number of carbonyl (C=O) groups excluding carboxylic acids is 2. The predicted octanol–water partition coefficient (Wildman–Crippen LogP) is 4.50. The van der Waals surface area contributed by atoms with Crippen molar-refractivity contribution in [3.8, 4) is 0 Å². The van der Waals surface area contributed by atoms with E-state index in [4.69, 9.17) is 4.74 Å². The molecule has 0 saturated carbocycles. The van der Waals surface area contributed by atoms with Crippen LogP contribution in [0.3, 0.4) is 0 Å². The Bertz CT molecular complexity index is 784. The van der Waals surface area contributed by atoms with Crippen LogP contribution in [0.25, 0.3) is 0 Å². The van der Waals surface area contributed by atoms with Crippen molar-refractivity contribution in [3.63, 3.8) is 0 Å². The molecule has 2 aromatic rings. The van der Waals surface area contributed by atoms with E-state index in [1.165, 1.54) is 0 Å². The molecule has 0 fully saturated rings. The largest absolute Gasteiger partial charge is 0.444 e. The highest BCUT2D eigenvalue weighted by Crippen LogP contribution is 2.27. The van der Waals surface area contributed by atoms with Gasteiger partial charge in [-0.05, 0) is 17.5 Å². The number of nitrogens with zero attached hydrogens (tertiary/aromatic N) is 1. The van der Waals surface area contributed by atoms with E-state index < -0.39 is 12.1 Å². The van der Waals surface area contributed by atoms with Crippen LogP contribution in [-0.2, 0) is 22.6 Å². The zero-order valence-corrected chi connectivity index (χ0v) is 14.9. The van der Waals surface area contributed by atoms with Crippen molar-refractivity contribution in [1.82, 2.24) is 4.90 Å². The lowest BCUT2D eigenvalue weighted by Gasteiger charge is -2.26. The molecule has 0 spiro atoms. The first kappa shape index (κ1) is 17.9. The first-order valence-corrected chi connectivity index (χ1v) is 8.97. The molecule has 4 nitrogen and oxygen atoms in total. The molecular formula is C22H23NO3. The fraction of sp³-hybridized carbons (Fsp3) is 0.273. The van der Waals surface area contributed by atoms with Crippen molar-refractivity contribution in [2.45, 2.75) is 38.8 Å². The molecule has 0 saturated heterocycles. The van der Waals surface area contributed by atoms with Gasteiger partial charge in [-0.15, -0.1) is 0 Å². The molecule has 1 atom stereocenters. The van der Waals surface area contributed by atoms with E-state index in [0.717, 1.165) is 23.2 Å². The summed E-state index contributed by atoms with van der Waals surface area (Å²) in [5.74, 6) is -0.0334. The van der Waals surface area contributed by atoms with Crippen molar-refractivity contribution >= 4 is 11.9 Å². The summed E-state index contributed by atoms with van der Waals surface area (Å²) in [6.07, 6.45) is 3.17. The monoisotopic (exact) mass is 349 g/mol. The van der Waals surface area contributed by atoms with E-state index in [9.17, 15) is 9.59 Å². The van der Waals surface area contributed by atoms with Crippen molar-refractivity contribution in [1.29, 1.82) is 0 Å². The maximum Gasteiger partial charge on any atom is 0.415 e. The highest BCUT2D eigenvalue weighted by molar-refractivity contribution is 6.01. The van der Waals surface area contributed by atoms with Crippen molar-refractivity contribution in [2.24, 2.45) is 0 Å². The molecule has 4 heteroatoms. The number of rotatable bonds is 6. The van der Waals surface area contributed by atoms with Gasteiger partial charge in [0.25, 0.3) is 0 Å². The second kappa shape index (κ2) is 8.48. The summed E-state index contributed by atoms with van der Waals surface area (Å²) >= 11 is 0. The van der Waals surface area contributed by atoms with Crippen LogP contribution in [0, 0.1) is 0 Å². The molecule has 0 radical (unpaired) electrons. The first-order valence-electron chi connectivity index (χ1n) is 8.97. The van der Waals surface area contributed by atoms with Gasteiger partial charge in [0, 0.05) is 18.2 Å². The smallest absolute Gasteiger partial charge is 0.415 e. The normalized spacial score (nSPS) is 16.5. The molecule has 1 aliphatic heterocycles. The van der Waals surface area contributed by atoms with Crippen molar-refractivity contribution < 1.29 is 14.3 Å². The van der Waals surface area contributed by atoms with Gasteiger partial charge in [0.2, 0.25) is 0 Å². The summed E-state index contributed by atoms with van der Waals surface area (Å²) in [6, 6.07) is 18.8. The van der Waals surface area contributed by atoms with Crippen LogP contribution in [0.1, 0.15) is 30.9 Å². The average Bonchev–Trinajstić information content (AvgIpc) is 2.97. The molecule has 26 heavy (non-hydrogen) atoms. The number of allylic oxidation sites excluding steroid dienone is 1. The minimum atomic E-state index is -0.526. The standard InChI is InChI=1S/C22H23NO3/c1-2-9-19-15-21(24)20(14-17-10-5-3-6-11-17)23(19)22(25)26-16-18-12-7-4-8-13-18/h3-8,10-13,15,20H,2,9,14,16H2,1H3.